The Morgan fingerprint density at radius 2 is 1.75 bits per heavy atom. The van der Waals surface area contributed by atoms with Gasteiger partial charge in [-0.05, 0) is 29.8 Å². The molecule has 0 N–H and O–H groups in total. The molecule has 2 aromatic carbocycles. The fourth-order valence-electron chi connectivity index (χ4n) is 2.19. The van der Waals surface area contributed by atoms with Crippen LogP contribution in [0.1, 0.15) is 17.0 Å². The first-order valence-corrected chi connectivity index (χ1v) is 7.69. The van der Waals surface area contributed by atoms with Crippen molar-refractivity contribution in [1.29, 1.82) is 5.26 Å². The van der Waals surface area contributed by atoms with E-state index in [4.69, 9.17) is 5.26 Å². The Kier molecular flexibility index (Phi) is 5.20. The van der Waals surface area contributed by atoms with Crippen molar-refractivity contribution >= 4 is 21.6 Å². The Labute approximate surface area is 128 Å². The minimum atomic E-state index is 0.442. The van der Waals surface area contributed by atoms with Crippen LogP contribution in [0.2, 0.25) is 0 Å². The molecule has 0 heterocycles. The van der Waals surface area contributed by atoms with E-state index in [-0.39, 0.29) is 0 Å². The number of anilines is 1. The molecule has 0 aliphatic rings. The van der Waals surface area contributed by atoms with Crippen LogP contribution >= 0.6 is 15.9 Å². The van der Waals surface area contributed by atoms with Crippen molar-refractivity contribution in [2.75, 3.05) is 23.8 Å². The molecular weight excluding hydrogens is 312 g/mol. The van der Waals surface area contributed by atoms with Crippen molar-refractivity contribution < 1.29 is 0 Å². The number of halogens is 1. The number of likely N-dealkylation sites (N-methyl/N-ethyl adjacent to an activating group) is 1. The highest BCUT2D eigenvalue weighted by molar-refractivity contribution is 9.09. The van der Waals surface area contributed by atoms with Crippen LogP contribution in [0.3, 0.4) is 0 Å². The number of hydrogen-bond donors (Lipinski definition) is 0. The van der Waals surface area contributed by atoms with Crippen LogP contribution in [0.25, 0.3) is 0 Å². The number of alkyl halides is 1. The quantitative estimate of drug-likeness (QED) is 0.770. The maximum absolute atomic E-state index is 8.83. The molecule has 0 bridgehead atoms. The smallest absolute Gasteiger partial charge is 0.0991 e. The molecule has 0 fully saturated rings. The molecule has 1 atom stereocenters. The topological polar surface area (TPSA) is 27.0 Å². The van der Waals surface area contributed by atoms with Crippen LogP contribution in [0.15, 0.2) is 54.6 Å². The van der Waals surface area contributed by atoms with Gasteiger partial charge in [-0.2, -0.15) is 5.26 Å². The minimum Gasteiger partial charge on any atom is -0.374 e. The average molecular weight is 329 g/mol. The molecule has 0 spiro atoms. The molecule has 2 aromatic rings. The SMILES string of the molecule is CN(CC(CBr)c1ccccc1)c1ccc(C#N)cc1. The van der Waals surface area contributed by atoms with Crippen LogP contribution in [-0.4, -0.2) is 18.9 Å². The van der Waals surface area contributed by atoms with E-state index in [0.717, 1.165) is 17.6 Å². The van der Waals surface area contributed by atoms with Gasteiger partial charge < -0.3 is 4.90 Å². The third-order valence-corrected chi connectivity index (χ3v) is 4.17. The third kappa shape index (κ3) is 3.61. The molecule has 0 saturated carbocycles. The lowest BCUT2D eigenvalue weighted by Gasteiger charge is -2.25. The van der Waals surface area contributed by atoms with E-state index in [1.54, 1.807) is 0 Å². The normalized spacial score (nSPS) is 11.7. The van der Waals surface area contributed by atoms with E-state index in [9.17, 15) is 0 Å². The van der Waals surface area contributed by atoms with Gasteiger partial charge in [0.1, 0.15) is 0 Å². The standard InChI is InChI=1S/C17H17BrN2/c1-20(17-9-7-14(12-19)8-10-17)13-16(11-18)15-5-3-2-4-6-15/h2-10,16H,11,13H2,1H3. The molecule has 2 nitrogen and oxygen atoms in total. The van der Waals surface area contributed by atoms with Crippen LogP contribution < -0.4 is 4.90 Å². The van der Waals surface area contributed by atoms with Crippen LogP contribution in [-0.2, 0) is 0 Å². The summed E-state index contributed by atoms with van der Waals surface area (Å²) in [6, 6.07) is 20.4. The van der Waals surface area contributed by atoms with Crippen LogP contribution in [0, 0.1) is 11.3 Å². The Hall–Kier alpha value is -1.79. The zero-order valence-corrected chi connectivity index (χ0v) is 13.0. The van der Waals surface area contributed by atoms with Crippen LogP contribution in [0.5, 0.6) is 0 Å². The molecule has 3 heteroatoms. The molecule has 1 unspecified atom stereocenters. The first kappa shape index (κ1) is 14.6. The summed E-state index contributed by atoms with van der Waals surface area (Å²) in [6.45, 7) is 0.932. The Morgan fingerprint density at radius 3 is 2.30 bits per heavy atom. The zero-order chi connectivity index (χ0) is 14.4. The Balaban J connectivity index is 2.09. The highest BCUT2D eigenvalue weighted by Gasteiger charge is 2.13. The second kappa shape index (κ2) is 7.12. The summed E-state index contributed by atoms with van der Waals surface area (Å²) < 4.78 is 0. The van der Waals surface area contributed by atoms with Crippen molar-refractivity contribution in [2.45, 2.75) is 5.92 Å². The lowest BCUT2D eigenvalue weighted by Crippen LogP contribution is -2.25. The molecule has 0 radical (unpaired) electrons. The average Bonchev–Trinajstić information content (AvgIpc) is 2.53. The molecule has 20 heavy (non-hydrogen) atoms. The summed E-state index contributed by atoms with van der Waals surface area (Å²) in [5, 5.41) is 9.76. The number of hydrogen-bond acceptors (Lipinski definition) is 2. The number of nitrogens with zero attached hydrogens (tertiary/aromatic N) is 2. The first-order valence-electron chi connectivity index (χ1n) is 6.57. The summed E-state index contributed by atoms with van der Waals surface area (Å²) in [7, 11) is 2.08. The molecule has 0 aliphatic heterocycles. The third-order valence-electron chi connectivity index (χ3n) is 3.39. The molecule has 0 aromatic heterocycles. The van der Waals surface area contributed by atoms with Crippen molar-refractivity contribution in [2.24, 2.45) is 0 Å². The van der Waals surface area contributed by atoms with Gasteiger partial charge in [0.2, 0.25) is 0 Å². The highest BCUT2D eigenvalue weighted by Crippen LogP contribution is 2.22. The second-order valence-corrected chi connectivity index (χ2v) is 5.45. The monoisotopic (exact) mass is 328 g/mol. The summed E-state index contributed by atoms with van der Waals surface area (Å²) >= 11 is 3.61. The van der Waals surface area contributed by atoms with Gasteiger partial charge in [-0.1, -0.05) is 46.3 Å². The molecular formula is C17H17BrN2. The van der Waals surface area contributed by atoms with Crippen LogP contribution in [0.4, 0.5) is 5.69 Å². The summed E-state index contributed by atoms with van der Waals surface area (Å²) in [5.41, 5.74) is 3.16. The van der Waals surface area contributed by atoms with Gasteiger partial charge in [0, 0.05) is 30.5 Å². The van der Waals surface area contributed by atoms with E-state index in [1.807, 2.05) is 30.3 Å². The van der Waals surface area contributed by atoms with E-state index >= 15 is 0 Å². The highest BCUT2D eigenvalue weighted by atomic mass is 79.9. The lowest BCUT2D eigenvalue weighted by atomic mass is 10.0. The predicted molar refractivity (Wildman–Crippen MR) is 87.4 cm³/mol. The summed E-state index contributed by atoms with van der Waals surface area (Å²) in [4.78, 5) is 2.22. The van der Waals surface area contributed by atoms with Crippen molar-refractivity contribution in [3.05, 3.63) is 65.7 Å². The van der Waals surface area contributed by atoms with Gasteiger partial charge in [0.05, 0.1) is 11.6 Å². The van der Waals surface area contributed by atoms with Crippen molar-refractivity contribution in [3.63, 3.8) is 0 Å². The number of benzene rings is 2. The lowest BCUT2D eigenvalue weighted by molar-refractivity contribution is 0.747. The molecule has 2 rings (SSSR count). The fraction of sp³-hybridized carbons (Fsp3) is 0.235. The summed E-state index contributed by atoms with van der Waals surface area (Å²) in [6.07, 6.45) is 0. The van der Waals surface area contributed by atoms with Gasteiger partial charge in [-0.25, -0.2) is 0 Å². The second-order valence-electron chi connectivity index (χ2n) is 4.80. The molecule has 0 saturated heterocycles. The van der Waals surface area contributed by atoms with E-state index in [0.29, 0.717) is 11.5 Å². The van der Waals surface area contributed by atoms with E-state index in [2.05, 4.69) is 58.2 Å². The Bertz CT molecular complexity index is 572. The Morgan fingerprint density at radius 1 is 1.10 bits per heavy atom. The van der Waals surface area contributed by atoms with Gasteiger partial charge in [0.25, 0.3) is 0 Å². The molecule has 0 aliphatic carbocycles. The minimum absolute atomic E-state index is 0.442. The predicted octanol–water partition coefficient (Wildman–Crippen LogP) is 4.17. The van der Waals surface area contributed by atoms with Gasteiger partial charge in [-0.15, -0.1) is 0 Å². The molecule has 102 valence electrons. The number of nitriles is 1. The zero-order valence-electron chi connectivity index (χ0n) is 11.5. The maximum atomic E-state index is 8.83. The van der Waals surface area contributed by atoms with Crippen molar-refractivity contribution in [1.82, 2.24) is 0 Å². The van der Waals surface area contributed by atoms with Gasteiger partial charge in [-0.3, -0.25) is 0 Å². The first-order chi connectivity index (χ1) is 9.74. The van der Waals surface area contributed by atoms with Gasteiger partial charge >= 0.3 is 0 Å². The number of rotatable bonds is 5. The molecule has 0 amide bonds. The summed E-state index contributed by atoms with van der Waals surface area (Å²) in [5.74, 6) is 0.442. The van der Waals surface area contributed by atoms with Gasteiger partial charge in [0.15, 0.2) is 0 Å². The maximum Gasteiger partial charge on any atom is 0.0991 e. The van der Waals surface area contributed by atoms with E-state index < -0.39 is 0 Å². The fourth-order valence-corrected chi connectivity index (χ4v) is 2.77. The largest absolute Gasteiger partial charge is 0.374 e. The van der Waals surface area contributed by atoms with E-state index in [1.165, 1.54) is 5.56 Å². The van der Waals surface area contributed by atoms with Crippen molar-refractivity contribution in [3.8, 4) is 6.07 Å².